The molecule has 2 rings (SSSR count). The number of nitro benzene ring substituents is 1. The SMILES string of the molecule is O=C(CCCCl)Nc1nc(-c2ccc([N+](=O)[O-])cc2)cs1. The van der Waals surface area contributed by atoms with E-state index < -0.39 is 4.92 Å². The Bertz CT molecular complexity index is 642. The first kappa shape index (κ1) is 15.4. The van der Waals surface area contributed by atoms with Crippen LogP contribution in [0, 0.1) is 10.1 Å². The quantitative estimate of drug-likeness (QED) is 0.498. The number of thiazole rings is 1. The highest BCUT2D eigenvalue weighted by molar-refractivity contribution is 7.14. The van der Waals surface area contributed by atoms with E-state index in [1.54, 1.807) is 17.5 Å². The molecule has 0 fully saturated rings. The molecule has 0 atom stereocenters. The van der Waals surface area contributed by atoms with Gasteiger partial charge in [0.25, 0.3) is 5.69 Å². The van der Waals surface area contributed by atoms with Gasteiger partial charge in [-0.3, -0.25) is 14.9 Å². The monoisotopic (exact) mass is 325 g/mol. The zero-order valence-electron chi connectivity index (χ0n) is 10.9. The van der Waals surface area contributed by atoms with E-state index >= 15 is 0 Å². The van der Waals surface area contributed by atoms with Gasteiger partial charge in [-0.25, -0.2) is 4.98 Å². The highest BCUT2D eigenvalue weighted by Crippen LogP contribution is 2.26. The number of carbonyl (C=O) groups is 1. The topological polar surface area (TPSA) is 85.1 Å². The summed E-state index contributed by atoms with van der Waals surface area (Å²) >= 11 is 6.83. The zero-order valence-corrected chi connectivity index (χ0v) is 12.5. The molecule has 0 aliphatic rings. The summed E-state index contributed by atoms with van der Waals surface area (Å²) in [5, 5.41) is 15.6. The number of halogens is 1. The van der Waals surface area contributed by atoms with Gasteiger partial charge in [0.15, 0.2) is 5.13 Å². The molecule has 1 aromatic carbocycles. The van der Waals surface area contributed by atoms with E-state index in [-0.39, 0.29) is 11.6 Å². The molecule has 0 unspecified atom stereocenters. The van der Waals surface area contributed by atoms with Gasteiger partial charge in [0.05, 0.1) is 10.6 Å². The Kier molecular flexibility index (Phi) is 5.24. The molecule has 0 saturated carbocycles. The molecule has 0 spiro atoms. The molecule has 1 N–H and O–H groups in total. The van der Waals surface area contributed by atoms with E-state index in [9.17, 15) is 14.9 Å². The molecule has 0 bridgehead atoms. The molecule has 1 aromatic heterocycles. The molecule has 0 radical (unpaired) electrons. The summed E-state index contributed by atoms with van der Waals surface area (Å²) in [6.45, 7) is 0. The molecule has 0 aliphatic heterocycles. The van der Waals surface area contributed by atoms with Crippen molar-refractivity contribution in [1.82, 2.24) is 4.98 Å². The minimum absolute atomic E-state index is 0.0311. The van der Waals surface area contributed by atoms with Gasteiger partial charge in [-0.15, -0.1) is 22.9 Å². The van der Waals surface area contributed by atoms with Crippen molar-refractivity contribution in [2.24, 2.45) is 0 Å². The van der Waals surface area contributed by atoms with Crippen molar-refractivity contribution < 1.29 is 9.72 Å². The van der Waals surface area contributed by atoms with Crippen LogP contribution in [0.25, 0.3) is 11.3 Å². The smallest absolute Gasteiger partial charge is 0.269 e. The van der Waals surface area contributed by atoms with Crippen molar-refractivity contribution in [3.63, 3.8) is 0 Å². The lowest BCUT2D eigenvalue weighted by Crippen LogP contribution is -2.10. The predicted molar refractivity (Wildman–Crippen MR) is 82.8 cm³/mol. The van der Waals surface area contributed by atoms with Crippen LogP contribution >= 0.6 is 22.9 Å². The maximum atomic E-state index is 11.6. The number of nitrogens with one attached hydrogen (secondary N) is 1. The Hall–Kier alpha value is -1.99. The third-order valence-electron chi connectivity index (χ3n) is 2.66. The molecule has 0 aliphatic carbocycles. The number of nitro groups is 1. The van der Waals surface area contributed by atoms with E-state index in [1.165, 1.54) is 23.5 Å². The van der Waals surface area contributed by atoms with Crippen molar-refractivity contribution in [2.45, 2.75) is 12.8 Å². The van der Waals surface area contributed by atoms with Gasteiger partial charge in [0.1, 0.15) is 0 Å². The summed E-state index contributed by atoms with van der Waals surface area (Å²) in [5.41, 5.74) is 1.46. The molecular weight excluding hydrogens is 314 g/mol. The predicted octanol–water partition coefficient (Wildman–Crippen LogP) is 3.68. The molecule has 2 aromatic rings. The maximum absolute atomic E-state index is 11.6. The van der Waals surface area contributed by atoms with Gasteiger partial charge >= 0.3 is 0 Å². The first-order valence-corrected chi connectivity index (χ1v) is 7.57. The fourth-order valence-electron chi connectivity index (χ4n) is 1.63. The number of aromatic nitrogens is 1. The second-order valence-corrected chi connectivity index (χ2v) is 5.42. The lowest BCUT2D eigenvalue weighted by Gasteiger charge is -1.99. The summed E-state index contributed by atoms with van der Waals surface area (Å²) in [6.07, 6.45) is 0.976. The number of rotatable bonds is 6. The molecule has 8 heteroatoms. The fourth-order valence-corrected chi connectivity index (χ4v) is 2.50. The standard InChI is InChI=1S/C13H12ClN3O3S/c14-7-1-2-12(18)16-13-15-11(8-21-13)9-3-5-10(6-4-9)17(19)20/h3-6,8H,1-2,7H2,(H,15,16,18). The Labute approximate surface area is 129 Å². The number of hydrogen-bond donors (Lipinski definition) is 1. The molecular formula is C13H12ClN3O3S. The average Bonchev–Trinajstić information content (AvgIpc) is 2.93. The van der Waals surface area contributed by atoms with E-state index in [2.05, 4.69) is 10.3 Å². The second kappa shape index (κ2) is 7.14. The highest BCUT2D eigenvalue weighted by atomic mass is 35.5. The third-order valence-corrected chi connectivity index (χ3v) is 3.69. The van der Waals surface area contributed by atoms with Crippen LogP contribution in [-0.4, -0.2) is 21.7 Å². The number of carbonyl (C=O) groups excluding carboxylic acids is 1. The molecule has 110 valence electrons. The largest absolute Gasteiger partial charge is 0.302 e. The van der Waals surface area contributed by atoms with E-state index in [0.29, 0.717) is 29.5 Å². The lowest BCUT2D eigenvalue weighted by atomic mass is 10.1. The summed E-state index contributed by atoms with van der Waals surface area (Å²) in [4.78, 5) is 26.0. The molecule has 0 saturated heterocycles. The van der Waals surface area contributed by atoms with Crippen LogP contribution in [-0.2, 0) is 4.79 Å². The van der Waals surface area contributed by atoms with Gasteiger partial charge in [0.2, 0.25) is 5.91 Å². The van der Waals surface area contributed by atoms with Crippen molar-refractivity contribution in [2.75, 3.05) is 11.2 Å². The highest BCUT2D eigenvalue weighted by Gasteiger charge is 2.09. The van der Waals surface area contributed by atoms with Crippen molar-refractivity contribution in [3.8, 4) is 11.3 Å². The summed E-state index contributed by atoms with van der Waals surface area (Å²) < 4.78 is 0. The van der Waals surface area contributed by atoms with Crippen molar-refractivity contribution in [1.29, 1.82) is 0 Å². The van der Waals surface area contributed by atoms with Crippen LogP contribution in [0.15, 0.2) is 29.6 Å². The van der Waals surface area contributed by atoms with Gasteiger partial charge in [-0.1, -0.05) is 0 Å². The van der Waals surface area contributed by atoms with Gasteiger partial charge in [0, 0.05) is 35.4 Å². The van der Waals surface area contributed by atoms with E-state index in [0.717, 1.165) is 5.56 Å². The number of nitrogens with zero attached hydrogens (tertiary/aromatic N) is 2. The van der Waals surface area contributed by atoms with E-state index in [1.807, 2.05) is 0 Å². The zero-order chi connectivity index (χ0) is 15.2. The molecule has 1 amide bonds. The Morgan fingerprint density at radius 3 is 2.71 bits per heavy atom. The maximum Gasteiger partial charge on any atom is 0.269 e. The van der Waals surface area contributed by atoms with Crippen LogP contribution in [0.4, 0.5) is 10.8 Å². The second-order valence-electron chi connectivity index (χ2n) is 4.18. The minimum Gasteiger partial charge on any atom is -0.302 e. The van der Waals surface area contributed by atoms with Crippen molar-refractivity contribution >= 4 is 39.7 Å². The lowest BCUT2D eigenvalue weighted by molar-refractivity contribution is -0.384. The van der Waals surface area contributed by atoms with E-state index in [4.69, 9.17) is 11.6 Å². The first-order chi connectivity index (χ1) is 10.1. The average molecular weight is 326 g/mol. The van der Waals surface area contributed by atoms with Crippen molar-refractivity contribution in [3.05, 3.63) is 39.8 Å². The number of benzene rings is 1. The Morgan fingerprint density at radius 1 is 1.38 bits per heavy atom. The number of hydrogen-bond acceptors (Lipinski definition) is 5. The van der Waals surface area contributed by atoms with Gasteiger partial charge in [-0.2, -0.15) is 0 Å². The number of amides is 1. The first-order valence-electron chi connectivity index (χ1n) is 6.16. The van der Waals surface area contributed by atoms with Crippen LogP contribution in [0.3, 0.4) is 0 Å². The van der Waals surface area contributed by atoms with Crippen LogP contribution in [0.1, 0.15) is 12.8 Å². The Balaban J connectivity index is 2.05. The molecule has 21 heavy (non-hydrogen) atoms. The Morgan fingerprint density at radius 2 is 2.10 bits per heavy atom. The number of non-ortho nitro benzene ring substituents is 1. The van der Waals surface area contributed by atoms with Crippen LogP contribution in [0.5, 0.6) is 0 Å². The van der Waals surface area contributed by atoms with Crippen LogP contribution in [0.2, 0.25) is 0 Å². The third kappa shape index (κ3) is 4.24. The fraction of sp³-hybridized carbons (Fsp3) is 0.231. The normalized spacial score (nSPS) is 10.3. The van der Waals surface area contributed by atoms with Gasteiger partial charge < -0.3 is 5.32 Å². The summed E-state index contributed by atoms with van der Waals surface area (Å²) in [7, 11) is 0. The number of anilines is 1. The van der Waals surface area contributed by atoms with Crippen LogP contribution < -0.4 is 5.32 Å². The molecule has 6 nitrogen and oxygen atoms in total. The number of alkyl halides is 1. The minimum atomic E-state index is -0.451. The summed E-state index contributed by atoms with van der Waals surface area (Å²) in [6, 6.07) is 6.11. The summed E-state index contributed by atoms with van der Waals surface area (Å²) in [5.74, 6) is 0.319. The van der Waals surface area contributed by atoms with Gasteiger partial charge in [-0.05, 0) is 18.6 Å². The molecule has 1 heterocycles.